The summed E-state index contributed by atoms with van der Waals surface area (Å²) in [5, 5.41) is 13.8. The normalized spacial score (nSPS) is 16.0. The van der Waals surface area contributed by atoms with Crippen LogP contribution in [0.2, 0.25) is 0 Å². The fraction of sp³-hybridized carbons (Fsp3) is 0.364. The van der Waals surface area contributed by atoms with Crippen molar-refractivity contribution < 1.29 is 35.7 Å². The lowest BCUT2D eigenvalue weighted by atomic mass is 10.3. The Morgan fingerprint density at radius 1 is 1.16 bits per heavy atom. The number of nitrogens with one attached hydrogen (secondary N) is 4. The number of sulfonamides is 1. The molecule has 15 heteroatoms. The highest BCUT2D eigenvalue weighted by Gasteiger charge is 2.24. The summed E-state index contributed by atoms with van der Waals surface area (Å²) < 4.78 is 63.2. The van der Waals surface area contributed by atoms with Crippen molar-refractivity contribution in [3.05, 3.63) is 42.5 Å². The third-order valence-electron chi connectivity index (χ3n) is 5.36. The highest BCUT2D eigenvalue weighted by Crippen LogP contribution is 2.25. The Morgan fingerprint density at radius 2 is 1.95 bits per heavy atom. The number of rotatable bonds is 11. The van der Waals surface area contributed by atoms with Crippen LogP contribution < -0.4 is 19.5 Å². The average molecular weight is 554 g/mol. The van der Waals surface area contributed by atoms with Crippen LogP contribution in [0.3, 0.4) is 0 Å². The minimum absolute atomic E-state index is 0.0106. The number of aromatic nitrogens is 2. The summed E-state index contributed by atoms with van der Waals surface area (Å²) in [6, 6.07) is 9.01. The standard InChI is InChI=1S/C22H27N5O8S2/c28-11-2-10-23-22(29)26-21-24-19-9-6-16(13-20(19)25-21)35-37(32,33)18-7-4-15(5-8-18)27-36(30,31)14-17-3-1-12-34-17/h4-9,13,17,27-28H,1-3,10-12,14H2,(H3,23,24,25,26,29). The molecule has 13 nitrogen and oxygen atoms in total. The van der Waals surface area contributed by atoms with Gasteiger partial charge in [0.1, 0.15) is 10.6 Å². The SMILES string of the molecule is O=C(NCCCO)Nc1nc2ccc(OS(=O)(=O)c3ccc(NS(=O)(=O)CC4CCCO4)cc3)cc2[nH]1. The van der Waals surface area contributed by atoms with Crippen molar-refractivity contribution in [1.82, 2.24) is 15.3 Å². The Kier molecular flexibility index (Phi) is 8.16. The van der Waals surface area contributed by atoms with Gasteiger partial charge in [-0.05, 0) is 55.7 Å². The summed E-state index contributed by atoms with van der Waals surface area (Å²) in [7, 11) is -7.87. The van der Waals surface area contributed by atoms with Crippen LogP contribution in [0.25, 0.3) is 11.0 Å². The van der Waals surface area contributed by atoms with E-state index in [1.165, 1.54) is 42.5 Å². The molecule has 0 aliphatic carbocycles. The van der Waals surface area contributed by atoms with Gasteiger partial charge >= 0.3 is 16.1 Å². The molecule has 2 heterocycles. The maximum atomic E-state index is 12.8. The zero-order valence-electron chi connectivity index (χ0n) is 19.6. The number of fused-ring (bicyclic) bond motifs is 1. The van der Waals surface area contributed by atoms with Crippen LogP contribution in [0, 0.1) is 0 Å². The van der Waals surface area contributed by atoms with Gasteiger partial charge in [0.25, 0.3) is 0 Å². The van der Waals surface area contributed by atoms with E-state index >= 15 is 0 Å². The number of aliphatic hydroxyl groups is 1. The first-order valence-corrected chi connectivity index (χ1v) is 14.5. The number of H-pyrrole nitrogens is 1. The zero-order chi connectivity index (χ0) is 26.5. The minimum Gasteiger partial charge on any atom is -0.396 e. The molecular formula is C22H27N5O8S2. The van der Waals surface area contributed by atoms with Gasteiger partial charge in [-0.15, -0.1) is 0 Å². The van der Waals surface area contributed by atoms with Crippen molar-refractivity contribution in [1.29, 1.82) is 0 Å². The monoisotopic (exact) mass is 553 g/mol. The molecule has 37 heavy (non-hydrogen) atoms. The molecular weight excluding hydrogens is 526 g/mol. The molecule has 1 aromatic heterocycles. The fourth-order valence-electron chi connectivity index (χ4n) is 3.64. The summed E-state index contributed by atoms with van der Waals surface area (Å²) in [5.41, 5.74) is 1.11. The van der Waals surface area contributed by atoms with Gasteiger partial charge in [0.15, 0.2) is 0 Å². The Hall–Kier alpha value is -3.40. The number of anilines is 2. The van der Waals surface area contributed by atoms with Gasteiger partial charge in [0, 0.05) is 31.5 Å². The molecule has 200 valence electrons. The van der Waals surface area contributed by atoms with Gasteiger partial charge in [-0.25, -0.2) is 18.2 Å². The van der Waals surface area contributed by atoms with Crippen molar-refractivity contribution in [2.24, 2.45) is 0 Å². The second-order valence-electron chi connectivity index (χ2n) is 8.30. The molecule has 1 aliphatic rings. The molecule has 0 saturated carbocycles. The lowest BCUT2D eigenvalue weighted by molar-refractivity contribution is 0.127. The summed E-state index contributed by atoms with van der Waals surface area (Å²) in [6.45, 7) is 0.790. The highest BCUT2D eigenvalue weighted by atomic mass is 32.2. The van der Waals surface area contributed by atoms with Gasteiger partial charge in [-0.1, -0.05) is 0 Å². The molecule has 2 aromatic carbocycles. The molecule has 3 aromatic rings. The smallest absolute Gasteiger partial charge is 0.339 e. The average Bonchev–Trinajstić information content (AvgIpc) is 3.47. The number of urea groups is 1. The van der Waals surface area contributed by atoms with Gasteiger partial charge in [-0.3, -0.25) is 10.0 Å². The first-order valence-electron chi connectivity index (χ1n) is 11.5. The van der Waals surface area contributed by atoms with E-state index in [0.717, 1.165) is 6.42 Å². The van der Waals surface area contributed by atoms with Crippen molar-refractivity contribution in [3.63, 3.8) is 0 Å². The van der Waals surface area contributed by atoms with E-state index in [4.69, 9.17) is 14.0 Å². The van der Waals surface area contributed by atoms with E-state index in [1.807, 2.05) is 0 Å². The lowest BCUT2D eigenvalue weighted by Crippen LogP contribution is -2.30. The quantitative estimate of drug-likeness (QED) is 0.174. The molecule has 0 radical (unpaired) electrons. The number of amides is 2. The van der Waals surface area contributed by atoms with E-state index in [-0.39, 0.29) is 40.7 Å². The minimum atomic E-state index is -4.22. The molecule has 4 rings (SSSR count). The van der Waals surface area contributed by atoms with E-state index in [2.05, 4.69) is 25.3 Å². The molecule has 1 aliphatic heterocycles. The maximum Gasteiger partial charge on any atom is 0.339 e. The number of hydrogen-bond acceptors (Lipinski definition) is 9. The van der Waals surface area contributed by atoms with Crippen LogP contribution in [0.15, 0.2) is 47.4 Å². The van der Waals surface area contributed by atoms with Crippen LogP contribution in [0.4, 0.5) is 16.4 Å². The van der Waals surface area contributed by atoms with Gasteiger partial charge < -0.3 is 24.3 Å². The largest absolute Gasteiger partial charge is 0.396 e. The number of nitrogens with zero attached hydrogens (tertiary/aromatic N) is 1. The molecule has 5 N–H and O–H groups in total. The second-order valence-corrected chi connectivity index (χ2v) is 11.6. The van der Waals surface area contributed by atoms with Gasteiger partial charge in [0.2, 0.25) is 16.0 Å². The Morgan fingerprint density at radius 3 is 2.65 bits per heavy atom. The van der Waals surface area contributed by atoms with Crippen molar-refractivity contribution in [3.8, 4) is 5.75 Å². The topological polar surface area (TPSA) is 189 Å². The summed E-state index contributed by atoms with van der Waals surface area (Å²) in [6.07, 6.45) is 1.56. The number of carbonyl (C=O) groups is 1. The number of imidazole rings is 1. The van der Waals surface area contributed by atoms with Crippen LogP contribution in [-0.2, 0) is 24.9 Å². The van der Waals surface area contributed by atoms with E-state index in [1.54, 1.807) is 0 Å². The van der Waals surface area contributed by atoms with Crippen LogP contribution >= 0.6 is 0 Å². The predicted molar refractivity (Wildman–Crippen MR) is 135 cm³/mol. The summed E-state index contributed by atoms with van der Waals surface area (Å²) >= 11 is 0. The number of benzene rings is 2. The van der Waals surface area contributed by atoms with Crippen LogP contribution in [0.5, 0.6) is 5.75 Å². The summed E-state index contributed by atoms with van der Waals surface area (Å²) in [4.78, 5) is 18.7. The third kappa shape index (κ3) is 7.31. The fourth-order valence-corrected chi connectivity index (χ4v) is 5.89. The molecule has 1 saturated heterocycles. The third-order valence-corrected chi connectivity index (χ3v) is 7.98. The summed E-state index contributed by atoms with van der Waals surface area (Å²) in [5.74, 6) is -0.0109. The maximum absolute atomic E-state index is 12.8. The molecule has 0 spiro atoms. The molecule has 2 amide bonds. The molecule has 1 atom stereocenters. The lowest BCUT2D eigenvalue weighted by Gasteiger charge is -2.12. The van der Waals surface area contributed by atoms with E-state index in [0.29, 0.717) is 37.0 Å². The zero-order valence-corrected chi connectivity index (χ0v) is 21.3. The molecule has 0 bridgehead atoms. The Labute approximate surface area is 213 Å². The van der Waals surface area contributed by atoms with Crippen LogP contribution in [-0.4, -0.2) is 69.6 Å². The first-order chi connectivity index (χ1) is 17.6. The number of aromatic amines is 1. The van der Waals surface area contributed by atoms with Gasteiger partial charge in [-0.2, -0.15) is 8.42 Å². The van der Waals surface area contributed by atoms with Crippen molar-refractivity contribution in [2.45, 2.75) is 30.3 Å². The second kappa shape index (κ2) is 11.3. The van der Waals surface area contributed by atoms with E-state index < -0.39 is 26.2 Å². The number of carbonyl (C=O) groups excluding carboxylic acids is 1. The van der Waals surface area contributed by atoms with Crippen LogP contribution in [0.1, 0.15) is 19.3 Å². The number of aliphatic hydroxyl groups excluding tert-OH is 1. The number of ether oxygens (including phenoxy) is 1. The molecule has 1 fully saturated rings. The number of hydrogen-bond donors (Lipinski definition) is 5. The highest BCUT2D eigenvalue weighted by molar-refractivity contribution is 7.92. The van der Waals surface area contributed by atoms with Gasteiger partial charge in [0.05, 0.1) is 22.9 Å². The van der Waals surface area contributed by atoms with E-state index in [9.17, 15) is 21.6 Å². The Bertz CT molecular complexity index is 1450. The van der Waals surface area contributed by atoms with Crippen molar-refractivity contribution in [2.75, 3.05) is 35.6 Å². The Balaban J connectivity index is 1.39. The predicted octanol–water partition coefficient (Wildman–Crippen LogP) is 1.76. The van der Waals surface area contributed by atoms with Crippen molar-refractivity contribution >= 4 is 48.8 Å². The first kappa shape index (κ1) is 26.7. The molecule has 1 unspecified atom stereocenters.